The van der Waals surface area contributed by atoms with Crippen LogP contribution in [0.25, 0.3) is 11.0 Å². The minimum absolute atomic E-state index is 0.557. The van der Waals surface area contributed by atoms with Crippen LogP contribution < -0.4 is 14.9 Å². The van der Waals surface area contributed by atoms with Gasteiger partial charge in [-0.1, -0.05) is 0 Å². The van der Waals surface area contributed by atoms with Gasteiger partial charge in [0.25, 0.3) is 0 Å². The molecule has 0 amide bonds. The Morgan fingerprint density at radius 1 is 1.28 bits per heavy atom. The number of aromatic nitrogens is 3. The van der Waals surface area contributed by atoms with E-state index in [1.165, 1.54) is 23.4 Å². The van der Waals surface area contributed by atoms with Crippen molar-refractivity contribution < 1.29 is 0 Å². The van der Waals surface area contributed by atoms with Gasteiger partial charge in [0.05, 0.1) is 16.8 Å². The molecule has 1 aliphatic heterocycles. The van der Waals surface area contributed by atoms with Gasteiger partial charge in [0, 0.05) is 23.7 Å². The summed E-state index contributed by atoms with van der Waals surface area (Å²) in [7, 11) is 1.93. The Morgan fingerprint density at radius 2 is 2.20 bits per heavy atom. The van der Waals surface area contributed by atoms with Crippen LogP contribution in [0.4, 0.5) is 17.2 Å². The lowest BCUT2D eigenvalue weighted by Gasteiger charge is -2.27. The highest BCUT2D eigenvalue weighted by molar-refractivity contribution is 7.97. The van der Waals surface area contributed by atoms with E-state index in [0.29, 0.717) is 6.04 Å². The second kappa shape index (κ2) is 6.93. The second-order valence-corrected chi connectivity index (χ2v) is 7.34. The van der Waals surface area contributed by atoms with Crippen LogP contribution in [0, 0.1) is 0 Å². The van der Waals surface area contributed by atoms with Gasteiger partial charge in [-0.05, 0) is 63.0 Å². The van der Waals surface area contributed by atoms with Crippen molar-refractivity contribution >= 4 is 40.2 Å². The van der Waals surface area contributed by atoms with Gasteiger partial charge in [-0.15, -0.1) is 0 Å². The highest BCUT2D eigenvalue weighted by Crippen LogP contribution is 2.36. The first-order valence-electron chi connectivity index (χ1n) is 8.55. The number of hydrogen-bond acceptors (Lipinski definition) is 6. The Hall–Kier alpha value is -2.25. The number of nitrogens with zero attached hydrogens (tertiary/aromatic N) is 3. The molecule has 3 aromatic rings. The van der Waals surface area contributed by atoms with Crippen molar-refractivity contribution in [3.05, 3.63) is 36.8 Å². The van der Waals surface area contributed by atoms with Crippen LogP contribution in [-0.4, -0.2) is 34.6 Å². The summed E-state index contributed by atoms with van der Waals surface area (Å²) >= 11 is 1.61. The summed E-state index contributed by atoms with van der Waals surface area (Å²) in [6.45, 7) is 3.39. The zero-order valence-corrected chi connectivity index (χ0v) is 15.2. The van der Waals surface area contributed by atoms with Gasteiger partial charge in [0.15, 0.2) is 0 Å². The topological polar surface area (TPSA) is 68.9 Å². The van der Waals surface area contributed by atoms with E-state index in [1.54, 1.807) is 18.3 Å². The van der Waals surface area contributed by atoms with E-state index in [1.807, 2.05) is 19.3 Å². The summed E-state index contributed by atoms with van der Waals surface area (Å²) in [4.78, 5) is 15.5. The number of H-pyrrole nitrogens is 1. The average Bonchev–Trinajstić information content (AvgIpc) is 3.25. The van der Waals surface area contributed by atoms with E-state index in [-0.39, 0.29) is 0 Å². The fraction of sp³-hybridized carbons (Fsp3) is 0.333. The van der Waals surface area contributed by atoms with Crippen LogP contribution in [0.5, 0.6) is 0 Å². The number of benzene rings is 1. The third-order valence-electron chi connectivity index (χ3n) is 4.66. The predicted octanol–water partition coefficient (Wildman–Crippen LogP) is 3.92. The molecule has 4 rings (SSSR count). The zero-order chi connectivity index (χ0) is 17.2. The number of aromatic amines is 1. The lowest BCUT2D eigenvalue weighted by atomic mass is 10.2. The Labute approximate surface area is 151 Å². The van der Waals surface area contributed by atoms with E-state index in [2.05, 4.69) is 55.0 Å². The largest absolute Gasteiger partial charge is 0.367 e. The molecule has 0 unspecified atom stereocenters. The molecule has 1 saturated heterocycles. The Kier molecular flexibility index (Phi) is 4.50. The first-order chi connectivity index (χ1) is 12.3. The van der Waals surface area contributed by atoms with Crippen molar-refractivity contribution in [1.82, 2.24) is 19.7 Å². The van der Waals surface area contributed by atoms with Gasteiger partial charge in [0.1, 0.15) is 17.8 Å². The fourth-order valence-corrected chi connectivity index (χ4v) is 3.99. The summed E-state index contributed by atoms with van der Waals surface area (Å²) < 4.78 is 3.14. The molecule has 25 heavy (non-hydrogen) atoms. The lowest BCUT2D eigenvalue weighted by Crippen LogP contribution is -2.27. The number of hydrogen-bond donors (Lipinski definition) is 3. The Bertz CT molecular complexity index is 877. The molecule has 0 aliphatic carbocycles. The molecule has 1 fully saturated rings. The molecule has 1 aromatic carbocycles. The molecule has 7 heteroatoms. The van der Waals surface area contributed by atoms with Crippen LogP contribution in [0.15, 0.2) is 41.7 Å². The maximum Gasteiger partial charge on any atom is 0.143 e. The predicted molar refractivity (Wildman–Crippen MR) is 105 cm³/mol. The number of nitrogens with one attached hydrogen (secondary N) is 3. The SMILES string of the molecule is CNSc1ccc(N2CCC[C@@H]2C)c(Nc2ncnc3[nH]ccc23)c1. The van der Waals surface area contributed by atoms with E-state index >= 15 is 0 Å². The summed E-state index contributed by atoms with van der Waals surface area (Å²) in [5, 5.41) is 4.54. The quantitative estimate of drug-likeness (QED) is 0.604. The molecule has 3 N–H and O–H groups in total. The van der Waals surface area contributed by atoms with Gasteiger partial charge in [-0.3, -0.25) is 4.72 Å². The second-order valence-electron chi connectivity index (χ2n) is 6.26. The molecule has 2 aromatic heterocycles. The van der Waals surface area contributed by atoms with Gasteiger partial charge >= 0.3 is 0 Å². The third kappa shape index (κ3) is 3.17. The van der Waals surface area contributed by atoms with Crippen molar-refractivity contribution in [2.45, 2.75) is 30.7 Å². The average molecular weight is 354 g/mol. The smallest absolute Gasteiger partial charge is 0.143 e. The molecule has 130 valence electrons. The van der Waals surface area contributed by atoms with Gasteiger partial charge in [-0.2, -0.15) is 0 Å². The number of anilines is 3. The van der Waals surface area contributed by atoms with Crippen LogP contribution >= 0.6 is 11.9 Å². The van der Waals surface area contributed by atoms with Crippen LogP contribution in [-0.2, 0) is 0 Å². The third-order valence-corrected chi connectivity index (χ3v) is 5.35. The molecule has 1 aliphatic rings. The lowest BCUT2D eigenvalue weighted by molar-refractivity contribution is 0.735. The first kappa shape index (κ1) is 16.2. The minimum atomic E-state index is 0.557. The maximum atomic E-state index is 4.45. The highest BCUT2D eigenvalue weighted by atomic mass is 32.2. The summed E-state index contributed by atoms with van der Waals surface area (Å²) in [6, 6.07) is 9.11. The summed E-state index contributed by atoms with van der Waals surface area (Å²) in [5.41, 5.74) is 3.15. The van der Waals surface area contributed by atoms with Crippen molar-refractivity contribution in [3.8, 4) is 0 Å². The van der Waals surface area contributed by atoms with E-state index in [4.69, 9.17) is 0 Å². The maximum absolute atomic E-state index is 4.45. The van der Waals surface area contributed by atoms with Gasteiger partial charge in [-0.25, -0.2) is 9.97 Å². The van der Waals surface area contributed by atoms with Crippen molar-refractivity contribution in [2.75, 3.05) is 23.8 Å². The first-order valence-corrected chi connectivity index (χ1v) is 9.37. The normalized spacial score (nSPS) is 17.4. The van der Waals surface area contributed by atoms with Gasteiger partial charge < -0.3 is 15.2 Å². The monoisotopic (exact) mass is 354 g/mol. The molecule has 0 spiro atoms. The fourth-order valence-electron chi connectivity index (χ4n) is 3.44. The standard InChI is InChI=1S/C18H22N6S/c1-12-4-3-9-24(12)16-6-5-13(25-19-2)10-15(16)23-18-14-7-8-20-17(14)21-11-22-18/h5-8,10-12,19H,3-4,9H2,1-2H3,(H2,20,21,22,23)/t12-/m0/s1. The molecular weight excluding hydrogens is 332 g/mol. The van der Waals surface area contributed by atoms with Crippen LogP contribution in [0.1, 0.15) is 19.8 Å². The molecule has 0 saturated carbocycles. The summed E-state index contributed by atoms with van der Waals surface area (Å²) in [6.07, 6.45) is 5.96. The highest BCUT2D eigenvalue weighted by Gasteiger charge is 2.23. The summed E-state index contributed by atoms with van der Waals surface area (Å²) in [5.74, 6) is 0.825. The van der Waals surface area contributed by atoms with Crippen LogP contribution in [0.2, 0.25) is 0 Å². The van der Waals surface area contributed by atoms with E-state index in [0.717, 1.165) is 29.1 Å². The number of rotatable bonds is 5. The van der Waals surface area contributed by atoms with E-state index < -0.39 is 0 Å². The minimum Gasteiger partial charge on any atom is -0.367 e. The van der Waals surface area contributed by atoms with Crippen molar-refractivity contribution in [3.63, 3.8) is 0 Å². The zero-order valence-electron chi connectivity index (χ0n) is 14.4. The molecule has 0 bridgehead atoms. The van der Waals surface area contributed by atoms with Crippen LogP contribution in [0.3, 0.4) is 0 Å². The van der Waals surface area contributed by atoms with Crippen molar-refractivity contribution in [2.24, 2.45) is 0 Å². The van der Waals surface area contributed by atoms with Gasteiger partial charge in [0.2, 0.25) is 0 Å². The Morgan fingerprint density at radius 3 is 3.00 bits per heavy atom. The molecule has 0 radical (unpaired) electrons. The van der Waals surface area contributed by atoms with Crippen molar-refractivity contribution in [1.29, 1.82) is 0 Å². The number of fused-ring (bicyclic) bond motifs is 1. The van der Waals surface area contributed by atoms with E-state index in [9.17, 15) is 0 Å². The molecular formula is C18H22N6S. The molecule has 6 nitrogen and oxygen atoms in total. The molecule has 1 atom stereocenters. The molecule has 3 heterocycles. The Balaban J connectivity index is 1.75.